The summed E-state index contributed by atoms with van der Waals surface area (Å²) in [6.07, 6.45) is 0. The Labute approximate surface area is 112 Å². The lowest BCUT2D eigenvalue weighted by Gasteiger charge is -2.12. The Balaban J connectivity index is 2.16. The molecule has 0 radical (unpaired) electrons. The topological polar surface area (TPSA) is 52.9 Å². The average molecular weight is 250 g/mol. The van der Waals surface area contributed by atoms with Crippen molar-refractivity contribution in [3.63, 3.8) is 0 Å². The highest BCUT2D eigenvalue weighted by atomic mass is 16.1. The molecule has 1 N–H and O–H groups in total. The van der Waals surface area contributed by atoms with E-state index in [0.29, 0.717) is 5.56 Å². The normalized spacial score (nSPS) is 11.4. The third-order valence-electron chi connectivity index (χ3n) is 2.82. The van der Waals surface area contributed by atoms with E-state index in [1.54, 1.807) is 12.1 Å². The molecule has 0 aliphatic carbocycles. The van der Waals surface area contributed by atoms with Gasteiger partial charge in [-0.25, -0.2) is 0 Å². The zero-order chi connectivity index (χ0) is 13.7. The van der Waals surface area contributed by atoms with Crippen molar-refractivity contribution in [1.82, 2.24) is 5.32 Å². The molecule has 0 aromatic heterocycles. The molecule has 0 aliphatic heterocycles. The second-order valence-electron chi connectivity index (χ2n) is 4.32. The Morgan fingerprint density at radius 1 is 1.16 bits per heavy atom. The van der Waals surface area contributed by atoms with Crippen molar-refractivity contribution in [2.75, 3.05) is 0 Å². The van der Waals surface area contributed by atoms with Crippen LogP contribution in [0.3, 0.4) is 0 Å². The molecule has 19 heavy (non-hydrogen) atoms. The Morgan fingerprint density at radius 2 is 1.89 bits per heavy atom. The zero-order valence-electron chi connectivity index (χ0n) is 10.6. The molecule has 0 aliphatic rings. The molecule has 0 saturated carbocycles. The van der Waals surface area contributed by atoms with Crippen molar-refractivity contribution in [3.8, 4) is 6.07 Å². The van der Waals surface area contributed by atoms with Crippen LogP contribution in [0, 0.1) is 18.3 Å². The van der Waals surface area contributed by atoms with Gasteiger partial charge >= 0.3 is 0 Å². The summed E-state index contributed by atoms with van der Waals surface area (Å²) in [5, 5.41) is 11.9. The Hall–Kier alpha value is -2.60. The van der Waals surface area contributed by atoms with Crippen molar-refractivity contribution in [3.05, 3.63) is 71.3 Å². The molecule has 2 rings (SSSR count). The third-order valence-corrected chi connectivity index (χ3v) is 2.82. The Morgan fingerprint density at radius 3 is 2.53 bits per heavy atom. The maximum absolute atomic E-state index is 12.1. The van der Waals surface area contributed by atoms with Gasteiger partial charge in [0.2, 0.25) is 0 Å². The minimum Gasteiger partial charge on any atom is -0.333 e. The molecule has 0 heterocycles. The first kappa shape index (κ1) is 12.8. The number of aryl methyl sites for hydroxylation is 1. The summed E-state index contributed by atoms with van der Waals surface area (Å²) < 4.78 is 0. The van der Waals surface area contributed by atoms with Crippen molar-refractivity contribution >= 4 is 5.91 Å². The van der Waals surface area contributed by atoms with Crippen LogP contribution in [-0.2, 0) is 0 Å². The van der Waals surface area contributed by atoms with Gasteiger partial charge in [0.1, 0.15) is 6.04 Å². The minimum atomic E-state index is -0.630. The van der Waals surface area contributed by atoms with Crippen LogP contribution in [0.5, 0.6) is 0 Å². The van der Waals surface area contributed by atoms with Gasteiger partial charge in [-0.1, -0.05) is 48.0 Å². The number of amides is 1. The first-order valence-electron chi connectivity index (χ1n) is 6.03. The number of hydrogen-bond donors (Lipinski definition) is 1. The molecule has 0 spiro atoms. The van der Waals surface area contributed by atoms with E-state index >= 15 is 0 Å². The largest absolute Gasteiger partial charge is 0.333 e. The fraction of sp³-hybridized carbons (Fsp3) is 0.125. The summed E-state index contributed by atoms with van der Waals surface area (Å²) in [6.45, 7) is 1.93. The van der Waals surface area contributed by atoms with E-state index in [1.807, 2.05) is 49.4 Å². The summed E-state index contributed by atoms with van der Waals surface area (Å²) >= 11 is 0. The number of hydrogen-bond acceptors (Lipinski definition) is 2. The number of benzene rings is 2. The summed E-state index contributed by atoms with van der Waals surface area (Å²) in [7, 11) is 0. The fourth-order valence-corrected chi connectivity index (χ4v) is 1.84. The molecule has 1 unspecified atom stereocenters. The molecule has 3 nitrogen and oxygen atoms in total. The second-order valence-corrected chi connectivity index (χ2v) is 4.32. The first-order chi connectivity index (χ1) is 9.20. The summed E-state index contributed by atoms with van der Waals surface area (Å²) in [5.41, 5.74) is 2.36. The molecule has 0 fully saturated rings. The summed E-state index contributed by atoms with van der Waals surface area (Å²) in [6, 6.07) is 18.0. The van der Waals surface area contributed by atoms with E-state index in [4.69, 9.17) is 5.26 Å². The molecule has 2 aromatic rings. The van der Waals surface area contributed by atoms with E-state index in [0.717, 1.165) is 11.1 Å². The molecule has 94 valence electrons. The van der Waals surface area contributed by atoms with Crippen LogP contribution in [-0.4, -0.2) is 5.91 Å². The smallest absolute Gasteiger partial charge is 0.252 e. The van der Waals surface area contributed by atoms with Gasteiger partial charge in [-0.2, -0.15) is 5.26 Å². The van der Waals surface area contributed by atoms with Gasteiger partial charge in [-0.15, -0.1) is 0 Å². The second kappa shape index (κ2) is 5.83. The standard InChI is InChI=1S/C16H14N2O/c1-12-6-5-9-14(10-12)16(19)18-15(11-17)13-7-3-2-4-8-13/h2-10,15H,1H3,(H,18,19). The summed E-state index contributed by atoms with van der Waals surface area (Å²) in [4.78, 5) is 12.1. The van der Waals surface area contributed by atoms with E-state index in [2.05, 4.69) is 11.4 Å². The zero-order valence-corrected chi connectivity index (χ0v) is 10.6. The molecule has 1 amide bonds. The van der Waals surface area contributed by atoms with Crippen LogP contribution in [0.15, 0.2) is 54.6 Å². The number of nitrogens with zero attached hydrogens (tertiary/aromatic N) is 1. The van der Waals surface area contributed by atoms with Crippen LogP contribution in [0.4, 0.5) is 0 Å². The quantitative estimate of drug-likeness (QED) is 0.910. The predicted molar refractivity (Wildman–Crippen MR) is 73.4 cm³/mol. The SMILES string of the molecule is Cc1cccc(C(=O)NC(C#N)c2ccccc2)c1. The van der Waals surface area contributed by atoms with Crippen molar-refractivity contribution in [2.24, 2.45) is 0 Å². The molecule has 3 heteroatoms. The highest BCUT2D eigenvalue weighted by Gasteiger charge is 2.14. The van der Waals surface area contributed by atoms with E-state index in [1.165, 1.54) is 0 Å². The molecular formula is C16H14N2O. The highest BCUT2D eigenvalue weighted by Crippen LogP contribution is 2.13. The number of nitrogens with one attached hydrogen (secondary N) is 1. The lowest BCUT2D eigenvalue weighted by molar-refractivity contribution is 0.0945. The molecule has 0 bridgehead atoms. The van der Waals surface area contributed by atoms with Gasteiger partial charge in [0.15, 0.2) is 0 Å². The molecule has 1 atom stereocenters. The van der Waals surface area contributed by atoms with Crippen LogP contribution in [0.25, 0.3) is 0 Å². The number of rotatable bonds is 3. The van der Waals surface area contributed by atoms with Gasteiger partial charge in [0.05, 0.1) is 6.07 Å². The van der Waals surface area contributed by atoms with E-state index in [9.17, 15) is 4.79 Å². The minimum absolute atomic E-state index is 0.237. The lowest BCUT2D eigenvalue weighted by atomic mass is 10.1. The van der Waals surface area contributed by atoms with E-state index in [-0.39, 0.29) is 5.91 Å². The van der Waals surface area contributed by atoms with Crippen LogP contribution in [0.2, 0.25) is 0 Å². The van der Waals surface area contributed by atoms with Gasteiger partial charge in [0.25, 0.3) is 5.91 Å². The first-order valence-corrected chi connectivity index (χ1v) is 6.03. The van der Waals surface area contributed by atoms with Crippen LogP contribution < -0.4 is 5.32 Å². The van der Waals surface area contributed by atoms with Crippen LogP contribution >= 0.6 is 0 Å². The maximum atomic E-state index is 12.1. The Bertz CT molecular complexity index is 614. The monoisotopic (exact) mass is 250 g/mol. The lowest BCUT2D eigenvalue weighted by Crippen LogP contribution is -2.27. The van der Waals surface area contributed by atoms with Crippen molar-refractivity contribution in [2.45, 2.75) is 13.0 Å². The molecular weight excluding hydrogens is 236 g/mol. The van der Waals surface area contributed by atoms with Crippen LogP contribution in [0.1, 0.15) is 27.5 Å². The highest BCUT2D eigenvalue weighted by molar-refractivity contribution is 5.94. The van der Waals surface area contributed by atoms with Gasteiger partial charge in [-0.05, 0) is 24.6 Å². The fourth-order valence-electron chi connectivity index (χ4n) is 1.84. The van der Waals surface area contributed by atoms with E-state index < -0.39 is 6.04 Å². The third kappa shape index (κ3) is 3.20. The van der Waals surface area contributed by atoms with Crippen molar-refractivity contribution in [1.29, 1.82) is 5.26 Å². The van der Waals surface area contributed by atoms with Gasteiger partial charge in [0, 0.05) is 5.56 Å². The van der Waals surface area contributed by atoms with Gasteiger partial charge in [-0.3, -0.25) is 4.79 Å². The molecule has 0 saturated heterocycles. The Kier molecular flexibility index (Phi) is 3.94. The maximum Gasteiger partial charge on any atom is 0.252 e. The average Bonchev–Trinajstić information content (AvgIpc) is 2.45. The number of carbonyl (C=O) groups excluding carboxylic acids is 1. The van der Waals surface area contributed by atoms with Gasteiger partial charge < -0.3 is 5.32 Å². The summed E-state index contributed by atoms with van der Waals surface area (Å²) in [5.74, 6) is -0.237. The van der Waals surface area contributed by atoms with Crippen molar-refractivity contribution < 1.29 is 4.79 Å². The number of carbonyl (C=O) groups is 1. The molecule has 2 aromatic carbocycles. The predicted octanol–water partition coefficient (Wildman–Crippen LogP) is 2.99. The number of nitriles is 1.